The van der Waals surface area contributed by atoms with Gasteiger partial charge in [0.25, 0.3) is 10.0 Å². The van der Waals surface area contributed by atoms with Crippen LogP contribution in [0, 0.1) is 5.92 Å². The molecule has 0 bridgehead atoms. The van der Waals surface area contributed by atoms with Gasteiger partial charge in [-0.25, -0.2) is 19.0 Å². The summed E-state index contributed by atoms with van der Waals surface area (Å²) < 4.78 is 28.9. The molecule has 0 saturated heterocycles. The molecule has 110 valence electrons. The molecule has 1 saturated carbocycles. The zero-order chi connectivity index (χ0) is 14.2. The molecule has 0 radical (unpaired) electrons. The number of anilines is 1. The van der Waals surface area contributed by atoms with E-state index in [0.717, 1.165) is 18.8 Å². The predicted molar refractivity (Wildman–Crippen MR) is 78.0 cm³/mol. The van der Waals surface area contributed by atoms with E-state index < -0.39 is 10.0 Å². The number of nitrogens with two attached hydrogens (primary N) is 1. The van der Waals surface area contributed by atoms with E-state index in [0.29, 0.717) is 11.5 Å². The van der Waals surface area contributed by atoms with Gasteiger partial charge in [0.05, 0.1) is 0 Å². The number of fused-ring (bicyclic) bond motifs is 1. The van der Waals surface area contributed by atoms with Crippen molar-refractivity contribution in [2.75, 3.05) is 12.0 Å². The maximum atomic E-state index is 12.4. The minimum Gasteiger partial charge on any atom is -0.306 e. The highest BCUT2D eigenvalue weighted by molar-refractivity contribution is 7.89. The van der Waals surface area contributed by atoms with Crippen LogP contribution in [0.4, 0.5) is 5.82 Å². The molecule has 2 aromatic rings. The second-order valence-electron chi connectivity index (χ2n) is 4.95. The summed E-state index contributed by atoms with van der Waals surface area (Å²) >= 11 is 1.36. The lowest BCUT2D eigenvalue weighted by atomic mass is 10.2. The van der Waals surface area contributed by atoms with Crippen LogP contribution < -0.4 is 16.0 Å². The number of hydrogen-bond acceptors (Lipinski definition) is 6. The third-order valence-electron chi connectivity index (χ3n) is 3.39. The van der Waals surface area contributed by atoms with Gasteiger partial charge in [0.2, 0.25) is 5.03 Å². The summed E-state index contributed by atoms with van der Waals surface area (Å²) in [4.78, 5) is 4.74. The molecule has 1 fully saturated rings. The van der Waals surface area contributed by atoms with Gasteiger partial charge in [-0.15, -0.1) is 11.3 Å². The molecule has 0 unspecified atom stereocenters. The molecule has 7 nitrogen and oxygen atoms in total. The van der Waals surface area contributed by atoms with E-state index in [1.165, 1.54) is 28.6 Å². The molecule has 20 heavy (non-hydrogen) atoms. The largest absolute Gasteiger partial charge is 0.306 e. The number of sulfonamides is 1. The van der Waals surface area contributed by atoms with Gasteiger partial charge in [0.1, 0.15) is 0 Å². The minimum absolute atomic E-state index is 0.0719. The fourth-order valence-corrected chi connectivity index (χ4v) is 4.27. The van der Waals surface area contributed by atoms with Gasteiger partial charge in [0, 0.05) is 18.1 Å². The normalized spacial score (nSPS) is 15.8. The SMILES string of the molecule is NNc1nc2sccn2c1S(=O)(=O)NCCCC1CC1. The highest BCUT2D eigenvalue weighted by atomic mass is 32.2. The molecule has 0 amide bonds. The smallest absolute Gasteiger partial charge is 0.260 e. The minimum atomic E-state index is -3.62. The number of rotatable bonds is 7. The average Bonchev–Trinajstić information content (AvgIpc) is 2.99. The quantitative estimate of drug-likeness (QED) is 0.404. The number of hydrazine groups is 1. The summed E-state index contributed by atoms with van der Waals surface area (Å²) in [6, 6.07) is 0. The van der Waals surface area contributed by atoms with Gasteiger partial charge < -0.3 is 5.43 Å². The van der Waals surface area contributed by atoms with E-state index in [-0.39, 0.29) is 10.8 Å². The molecule has 0 aromatic carbocycles. The Bertz CT molecular complexity index is 702. The molecule has 4 N–H and O–H groups in total. The van der Waals surface area contributed by atoms with Crippen LogP contribution in [0.1, 0.15) is 25.7 Å². The lowest BCUT2D eigenvalue weighted by Crippen LogP contribution is -2.27. The molecule has 1 aliphatic carbocycles. The van der Waals surface area contributed by atoms with E-state index >= 15 is 0 Å². The van der Waals surface area contributed by atoms with Crippen molar-refractivity contribution in [2.45, 2.75) is 30.7 Å². The first-order valence-electron chi connectivity index (χ1n) is 6.53. The molecule has 9 heteroatoms. The summed E-state index contributed by atoms with van der Waals surface area (Å²) in [5, 5.41) is 1.86. The highest BCUT2D eigenvalue weighted by Crippen LogP contribution is 2.33. The standard InChI is InChI=1S/C11H17N5O2S2/c12-15-9-10(16-6-7-19-11(16)14-9)20(17,18)13-5-1-2-8-3-4-8/h6-8,13,15H,1-5,12H2. The monoisotopic (exact) mass is 315 g/mol. The summed E-state index contributed by atoms with van der Waals surface area (Å²) in [5.74, 6) is 6.34. The number of nitrogens with one attached hydrogen (secondary N) is 2. The van der Waals surface area contributed by atoms with E-state index in [1.807, 2.05) is 0 Å². The molecule has 0 atom stereocenters. The number of thiazole rings is 1. The number of aromatic nitrogens is 2. The predicted octanol–water partition coefficient (Wildman–Crippen LogP) is 1.15. The molecule has 0 spiro atoms. The van der Waals surface area contributed by atoms with Gasteiger partial charge in [-0.3, -0.25) is 4.40 Å². The second-order valence-corrected chi connectivity index (χ2v) is 7.50. The van der Waals surface area contributed by atoms with Crippen LogP contribution in [0.3, 0.4) is 0 Å². The Morgan fingerprint density at radius 1 is 1.50 bits per heavy atom. The first kappa shape index (κ1) is 13.8. The summed E-state index contributed by atoms with van der Waals surface area (Å²) in [5.41, 5.74) is 2.35. The second kappa shape index (κ2) is 5.32. The Kier molecular flexibility index (Phi) is 3.67. The molecular formula is C11H17N5O2S2. The van der Waals surface area contributed by atoms with E-state index in [4.69, 9.17) is 5.84 Å². The Hall–Kier alpha value is -1.16. The zero-order valence-corrected chi connectivity index (χ0v) is 12.5. The van der Waals surface area contributed by atoms with Gasteiger partial charge in [-0.05, 0) is 18.8 Å². The zero-order valence-electron chi connectivity index (χ0n) is 10.9. The number of imidazole rings is 1. The maximum Gasteiger partial charge on any atom is 0.260 e. The van der Waals surface area contributed by atoms with Crippen molar-refractivity contribution in [2.24, 2.45) is 11.8 Å². The van der Waals surface area contributed by atoms with E-state index in [9.17, 15) is 8.42 Å². The van der Waals surface area contributed by atoms with Crippen molar-refractivity contribution in [3.05, 3.63) is 11.6 Å². The summed E-state index contributed by atoms with van der Waals surface area (Å²) in [7, 11) is -3.62. The maximum absolute atomic E-state index is 12.4. The van der Waals surface area contributed by atoms with Gasteiger partial charge in [-0.2, -0.15) is 4.98 Å². The number of hydrogen-bond donors (Lipinski definition) is 3. The van der Waals surface area contributed by atoms with Crippen molar-refractivity contribution in [3.63, 3.8) is 0 Å². The first-order valence-corrected chi connectivity index (χ1v) is 8.90. The van der Waals surface area contributed by atoms with Crippen molar-refractivity contribution in [1.82, 2.24) is 14.1 Å². The van der Waals surface area contributed by atoms with Crippen LogP contribution >= 0.6 is 11.3 Å². The van der Waals surface area contributed by atoms with Crippen LogP contribution in [0.15, 0.2) is 16.6 Å². The van der Waals surface area contributed by atoms with Crippen LogP contribution in [-0.2, 0) is 10.0 Å². The third-order valence-corrected chi connectivity index (χ3v) is 5.63. The van der Waals surface area contributed by atoms with Crippen molar-refractivity contribution < 1.29 is 8.42 Å². The highest BCUT2D eigenvalue weighted by Gasteiger charge is 2.26. The first-order chi connectivity index (χ1) is 9.62. The van der Waals surface area contributed by atoms with Crippen molar-refractivity contribution in [1.29, 1.82) is 0 Å². The van der Waals surface area contributed by atoms with E-state index in [1.54, 1.807) is 11.6 Å². The van der Waals surface area contributed by atoms with Crippen LogP contribution in [0.2, 0.25) is 0 Å². The fourth-order valence-electron chi connectivity index (χ4n) is 2.19. The van der Waals surface area contributed by atoms with Crippen LogP contribution in [0.25, 0.3) is 4.96 Å². The van der Waals surface area contributed by atoms with Crippen molar-refractivity contribution >= 4 is 32.1 Å². The molecule has 1 aliphatic rings. The Morgan fingerprint density at radius 2 is 2.30 bits per heavy atom. The number of nitrogen functional groups attached to an aromatic ring is 1. The van der Waals surface area contributed by atoms with E-state index in [2.05, 4.69) is 15.1 Å². The summed E-state index contributed by atoms with van der Waals surface area (Å²) in [6.07, 6.45) is 6.19. The number of nitrogens with zero attached hydrogens (tertiary/aromatic N) is 2. The lowest BCUT2D eigenvalue weighted by molar-refractivity contribution is 0.568. The van der Waals surface area contributed by atoms with Crippen LogP contribution in [0.5, 0.6) is 0 Å². The molecular weight excluding hydrogens is 298 g/mol. The Balaban J connectivity index is 1.78. The molecule has 2 aromatic heterocycles. The van der Waals surface area contributed by atoms with Crippen molar-refractivity contribution in [3.8, 4) is 0 Å². The average molecular weight is 315 g/mol. The van der Waals surface area contributed by atoms with Gasteiger partial charge in [0.15, 0.2) is 10.8 Å². The Morgan fingerprint density at radius 3 is 3.00 bits per heavy atom. The van der Waals surface area contributed by atoms with Gasteiger partial charge in [-0.1, -0.05) is 12.8 Å². The molecule has 2 heterocycles. The van der Waals surface area contributed by atoms with Gasteiger partial charge >= 0.3 is 0 Å². The Labute approximate surface area is 121 Å². The summed E-state index contributed by atoms with van der Waals surface area (Å²) in [6.45, 7) is 0.445. The lowest BCUT2D eigenvalue weighted by Gasteiger charge is -2.07. The topological polar surface area (TPSA) is 102 Å². The molecule has 0 aliphatic heterocycles. The van der Waals surface area contributed by atoms with Crippen LogP contribution in [-0.4, -0.2) is 24.3 Å². The fraction of sp³-hybridized carbons (Fsp3) is 0.545. The molecule has 3 rings (SSSR count). The third kappa shape index (κ3) is 2.66.